The lowest BCUT2D eigenvalue weighted by molar-refractivity contribution is -0.135. The van der Waals surface area contributed by atoms with E-state index in [4.69, 9.17) is 0 Å². The van der Waals surface area contributed by atoms with E-state index >= 15 is 0 Å². The summed E-state index contributed by atoms with van der Waals surface area (Å²) in [6, 6.07) is 0.488. The minimum Gasteiger partial charge on any atom is -0.352 e. The summed E-state index contributed by atoms with van der Waals surface area (Å²) < 4.78 is 0. The fraction of sp³-hybridized carbons (Fsp3) is 0.700. The number of fused-ring (bicyclic) bond motifs is 1. The van der Waals surface area contributed by atoms with E-state index in [0.717, 1.165) is 25.7 Å². The zero-order valence-corrected chi connectivity index (χ0v) is 7.47. The molecule has 2 heteroatoms. The Bertz CT molecular complexity index is 232. The van der Waals surface area contributed by atoms with Crippen LogP contribution in [0, 0.1) is 5.92 Å². The molecule has 0 unspecified atom stereocenters. The molecule has 0 aromatic heterocycles. The van der Waals surface area contributed by atoms with Crippen LogP contribution < -0.4 is 5.32 Å². The second kappa shape index (κ2) is 2.92. The van der Waals surface area contributed by atoms with Crippen molar-refractivity contribution in [3.8, 4) is 0 Å². The van der Waals surface area contributed by atoms with Gasteiger partial charge in [-0.3, -0.25) is 4.79 Å². The van der Waals surface area contributed by atoms with Crippen LogP contribution in [0.4, 0.5) is 0 Å². The standard InChI is InChI=1S/C10H15NO/c1-7-3-2-4-9-8(6-5-7)10(12)11-9/h3,8-9H,2,4-6H2,1H3,(H,11,12)/b7-3-/t8-,9+/m0/s1. The summed E-state index contributed by atoms with van der Waals surface area (Å²) >= 11 is 0. The summed E-state index contributed by atoms with van der Waals surface area (Å²) in [5, 5.41) is 2.96. The Hall–Kier alpha value is -0.790. The van der Waals surface area contributed by atoms with E-state index in [1.54, 1.807) is 0 Å². The van der Waals surface area contributed by atoms with Crippen molar-refractivity contribution >= 4 is 5.91 Å². The molecule has 1 heterocycles. The van der Waals surface area contributed by atoms with E-state index in [2.05, 4.69) is 18.3 Å². The first-order chi connectivity index (χ1) is 5.77. The highest BCUT2D eigenvalue weighted by Crippen LogP contribution is 2.28. The van der Waals surface area contributed by atoms with Gasteiger partial charge in [-0.05, 0) is 32.6 Å². The topological polar surface area (TPSA) is 29.1 Å². The van der Waals surface area contributed by atoms with E-state index in [0.29, 0.717) is 12.0 Å². The highest BCUT2D eigenvalue weighted by Gasteiger charge is 2.38. The summed E-state index contributed by atoms with van der Waals surface area (Å²) in [5.74, 6) is 0.600. The first-order valence-corrected chi connectivity index (χ1v) is 4.73. The first kappa shape index (κ1) is 7.84. The molecule has 1 aliphatic carbocycles. The number of amides is 1. The van der Waals surface area contributed by atoms with Crippen LogP contribution in [0.5, 0.6) is 0 Å². The van der Waals surface area contributed by atoms with Crippen LogP contribution in [0.1, 0.15) is 32.6 Å². The average Bonchev–Trinajstić information content (AvgIpc) is 2.00. The molecule has 2 nitrogen and oxygen atoms in total. The zero-order chi connectivity index (χ0) is 8.55. The fourth-order valence-corrected chi connectivity index (χ4v) is 2.08. The number of hydrogen-bond donors (Lipinski definition) is 1. The Morgan fingerprint density at radius 2 is 2.33 bits per heavy atom. The molecule has 0 radical (unpaired) electrons. The Balaban J connectivity index is 2.02. The Labute approximate surface area is 73.0 Å². The molecule has 0 bridgehead atoms. The largest absolute Gasteiger partial charge is 0.352 e. The van der Waals surface area contributed by atoms with Gasteiger partial charge in [0, 0.05) is 6.04 Å². The summed E-state index contributed by atoms with van der Waals surface area (Å²) in [4.78, 5) is 11.1. The Kier molecular flexibility index (Phi) is 1.91. The molecule has 1 fully saturated rings. The molecule has 12 heavy (non-hydrogen) atoms. The van der Waals surface area contributed by atoms with Gasteiger partial charge < -0.3 is 5.32 Å². The van der Waals surface area contributed by atoms with E-state index in [9.17, 15) is 4.79 Å². The van der Waals surface area contributed by atoms with E-state index < -0.39 is 0 Å². The van der Waals surface area contributed by atoms with Gasteiger partial charge >= 0.3 is 0 Å². The lowest BCUT2D eigenvalue weighted by Crippen LogP contribution is -2.58. The zero-order valence-electron chi connectivity index (χ0n) is 7.47. The maximum atomic E-state index is 11.1. The number of β-lactam (4-membered cyclic amide) rings is 1. The van der Waals surface area contributed by atoms with Crippen LogP contribution in [0.15, 0.2) is 11.6 Å². The van der Waals surface area contributed by atoms with Gasteiger partial charge in [0.25, 0.3) is 0 Å². The summed E-state index contributed by atoms with van der Waals surface area (Å²) in [6.45, 7) is 2.16. The number of carbonyl (C=O) groups excluding carboxylic acids is 1. The predicted molar refractivity (Wildman–Crippen MR) is 47.6 cm³/mol. The maximum absolute atomic E-state index is 11.1. The van der Waals surface area contributed by atoms with E-state index in [1.807, 2.05) is 0 Å². The monoisotopic (exact) mass is 165 g/mol. The molecule has 1 saturated heterocycles. The third kappa shape index (κ3) is 1.26. The van der Waals surface area contributed by atoms with Crippen molar-refractivity contribution in [2.45, 2.75) is 38.6 Å². The van der Waals surface area contributed by atoms with Gasteiger partial charge in [0.1, 0.15) is 0 Å². The third-order valence-electron chi connectivity index (χ3n) is 2.97. The van der Waals surface area contributed by atoms with E-state index in [1.165, 1.54) is 5.57 Å². The van der Waals surface area contributed by atoms with Gasteiger partial charge in [0.15, 0.2) is 0 Å². The average molecular weight is 165 g/mol. The van der Waals surface area contributed by atoms with Gasteiger partial charge in [0.2, 0.25) is 5.91 Å². The highest BCUT2D eigenvalue weighted by atomic mass is 16.2. The number of rotatable bonds is 0. The number of nitrogens with one attached hydrogen (secondary N) is 1. The normalized spacial score (nSPS) is 39.4. The van der Waals surface area contributed by atoms with Crippen molar-refractivity contribution in [1.29, 1.82) is 0 Å². The molecular weight excluding hydrogens is 150 g/mol. The number of allylic oxidation sites excluding steroid dienone is 2. The molecule has 1 aliphatic heterocycles. The van der Waals surface area contributed by atoms with Crippen LogP contribution >= 0.6 is 0 Å². The molecule has 1 amide bonds. The van der Waals surface area contributed by atoms with Gasteiger partial charge in [-0.25, -0.2) is 0 Å². The fourth-order valence-electron chi connectivity index (χ4n) is 2.08. The molecular formula is C10H15NO. The molecule has 0 aromatic carbocycles. The molecule has 0 aromatic rings. The van der Waals surface area contributed by atoms with Crippen molar-refractivity contribution in [1.82, 2.24) is 5.32 Å². The molecule has 2 atom stereocenters. The Morgan fingerprint density at radius 3 is 3.08 bits per heavy atom. The predicted octanol–water partition coefficient (Wildman–Crippen LogP) is 1.62. The van der Waals surface area contributed by atoms with Crippen LogP contribution in [-0.2, 0) is 4.79 Å². The molecule has 0 spiro atoms. The molecule has 0 saturated carbocycles. The summed E-state index contributed by atoms with van der Waals surface area (Å²) in [7, 11) is 0. The molecule has 66 valence electrons. The Morgan fingerprint density at radius 1 is 1.50 bits per heavy atom. The maximum Gasteiger partial charge on any atom is 0.225 e. The SMILES string of the molecule is C/C1=C/CC[C@H]2NC(=O)[C@H]2CC1. The summed E-state index contributed by atoms with van der Waals surface area (Å²) in [5.41, 5.74) is 1.45. The van der Waals surface area contributed by atoms with E-state index in [-0.39, 0.29) is 5.91 Å². The van der Waals surface area contributed by atoms with Crippen LogP contribution in [0.3, 0.4) is 0 Å². The summed E-state index contributed by atoms with van der Waals surface area (Å²) in [6.07, 6.45) is 6.73. The molecule has 2 rings (SSSR count). The van der Waals surface area contributed by atoms with Crippen LogP contribution in [-0.4, -0.2) is 11.9 Å². The second-order valence-electron chi connectivity index (χ2n) is 3.89. The lowest BCUT2D eigenvalue weighted by atomic mass is 9.81. The minimum absolute atomic E-state index is 0.273. The van der Waals surface area contributed by atoms with Crippen LogP contribution in [0.25, 0.3) is 0 Å². The number of hydrogen-bond acceptors (Lipinski definition) is 1. The van der Waals surface area contributed by atoms with Crippen molar-refractivity contribution in [2.24, 2.45) is 5.92 Å². The van der Waals surface area contributed by atoms with Crippen LogP contribution in [0.2, 0.25) is 0 Å². The first-order valence-electron chi connectivity index (χ1n) is 4.73. The number of carbonyl (C=O) groups is 1. The van der Waals surface area contributed by atoms with Gasteiger partial charge in [0.05, 0.1) is 5.92 Å². The van der Waals surface area contributed by atoms with Crippen molar-refractivity contribution in [3.05, 3.63) is 11.6 Å². The van der Waals surface area contributed by atoms with Crippen molar-refractivity contribution in [3.63, 3.8) is 0 Å². The lowest BCUT2D eigenvalue weighted by Gasteiger charge is -2.37. The molecule has 1 N–H and O–H groups in total. The van der Waals surface area contributed by atoms with Gasteiger partial charge in [-0.1, -0.05) is 11.6 Å². The van der Waals surface area contributed by atoms with Gasteiger partial charge in [-0.15, -0.1) is 0 Å². The third-order valence-corrected chi connectivity index (χ3v) is 2.97. The van der Waals surface area contributed by atoms with Gasteiger partial charge in [-0.2, -0.15) is 0 Å². The van der Waals surface area contributed by atoms with Crippen molar-refractivity contribution in [2.75, 3.05) is 0 Å². The molecule has 2 aliphatic rings. The quantitative estimate of drug-likeness (QED) is 0.429. The minimum atomic E-state index is 0.273. The smallest absolute Gasteiger partial charge is 0.225 e. The van der Waals surface area contributed by atoms with Crippen molar-refractivity contribution < 1.29 is 4.79 Å². The second-order valence-corrected chi connectivity index (χ2v) is 3.89. The highest BCUT2D eigenvalue weighted by molar-refractivity contribution is 5.85.